The Bertz CT molecular complexity index is 417. The minimum Gasteiger partial charge on any atom is -0.480 e. The standard InChI is InChI=1S/C12H18N4O3/c1-9(11(17)18)13-6-10-7-14-12(15-8-10)16-2-4-19-5-3-16/h7-9,13H,2-6H2,1H3,(H,17,18)/t9-/m0/s1. The normalized spacial score (nSPS) is 17.2. The molecule has 1 aromatic heterocycles. The molecule has 0 bridgehead atoms. The average Bonchev–Trinajstić information content (AvgIpc) is 2.46. The predicted octanol–water partition coefficient (Wildman–Crippen LogP) is -0.124. The number of nitrogens with one attached hydrogen (secondary N) is 1. The second-order valence-electron chi connectivity index (χ2n) is 4.43. The van der Waals surface area contributed by atoms with Gasteiger partial charge >= 0.3 is 5.97 Å². The van der Waals surface area contributed by atoms with E-state index in [1.807, 2.05) is 0 Å². The van der Waals surface area contributed by atoms with Crippen molar-refractivity contribution in [2.75, 3.05) is 31.2 Å². The van der Waals surface area contributed by atoms with E-state index in [2.05, 4.69) is 20.2 Å². The van der Waals surface area contributed by atoms with Gasteiger partial charge in [0.2, 0.25) is 5.95 Å². The summed E-state index contributed by atoms with van der Waals surface area (Å²) in [7, 11) is 0. The summed E-state index contributed by atoms with van der Waals surface area (Å²) in [6.07, 6.45) is 3.44. The van der Waals surface area contributed by atoms with Crippen LogP contribution in [0.5, 0.6) is 0 Å². The molecule has 1 aliphatic rings. The molecule has 104 valence electrons. The van der Waals surface area contributed by atoms with Crippen LogP contribution >= 0.6 is 0 Å². The van der Waals surface area contributed by atoms with Crippen LogP contribution in [-0.4, -0.2) is 53.4 Å². The minimum atomic E-state index is -0.870. The minimum absolute atomic E-state index is 0.441. The maximum atomic E-state index is 10.7. The van der Waals surface area contributed by atoms with Crippen LogP contribution in [0.25, 0.3) is 0 Å². The molecule has 7 nitrogen and oxygen atoms in total. The Balaban J connectivity index is 1.89. The summed E-state index contributed by atoms with van der Waals surface area (Å²) >= 11 is 0. The van der Waals surface area contributed by atoms with Gasteiger partial charge < -0.3 is 20.1 Å². The number of nitrogens with zero attached hydrogens (tertiary/aromatic N) is 3. The van der Waals surface area contributed by atoms with Gasteiger partial charge in [-0.15, -0.1) is 0 Å². The predicted molar refractivity (Wildman–Crippen MR) is 69.0 cm³/mol. The highest BCUT2D eigenvalue weighted by molar-refractivity contribution is 5.72. The Kier molecular flexibility index (Phi) is 4.64. The summed E-state index contributed by atoms with van der Waals surface area (Å²) in [6, 6.07) is -0.584. The molecule has 1 aliphatic heterocycles. The monoisotopic (exact) mass is 266 g/mol. The van der Waals surface area contributed by atoms with E-state index in [0.717, 1.165) is 18.7 Å². The molecule has 1 fully saturated rings. The first-order valence-electron chi connectivity index (χ1n) is 6.26. The first-order chi connectivity index (χ1) is 9.16. The number of hydrogen-bond acceptors (Lipinski definition) is 6. The third-order valence-electron chi connectivity index (χ3n) is 2.97. The quantitative estimate of drug-likeness (QED) is 0.768. The van der Waals surface area contributed by atoms with Crippen LogP contribution in [0.3, 0.4) is 0 Å². The largest absolute Gasteiger partial charge is 0.480 e. The van der Waals surface area contributed by atoms with Crippen molar-refractivity contribution in [1.29, 1.82) is 0 Å². The number of anilines is 1. The van der Waals surface area contributed by atoms with Crippen LogP contribution in [-0.2, 0) is 16.1 Å². The maximum absolute atomic E-state index is 10.7. The van der Waals surface area contributed by atoms with Gasteiger partial charge in [0.1, 0.15) is 6.04 Å². The lowest BCUT2D eigenvalue weighted by Gasteiger charge is -2.26. The number of aliphatic carboxylic acids is 1. The van der Waals surface area contributed by atoms with E-state index < -0.39 is 12.0 Å². The Morgan fingerprint density at radius 2 is 2.11 bits per heavy atom. The van der Waals surface area contributed by atoms with Crippen LogP contribution in [0.4, 0.5) is 5.95 Å². The molecule has 1 saturated heterocycles. The second-order valence-corrected chi connectivity index (χ2v) is 4.43. The van der Waals surface area contributed by atoms with Crippen molar-refractivity contribution in [2.24, 2.45) is 0 Å². The van der Waals surface area contributed by atoms with Gasteiger partial charge in [-0.25, -0.2) is 9.97 Å². The Morgan fingerprint density at radius 3 is 2.68 bits per heavy atom. The SMILES string of the molecule is C[C@H](NCc1cnc(N2CCOCC2)nc1)C(=O)O. The fourth-order valence-electron chi connectivity index (χ4n) is 1.72. The molecule has 0 radical (unpaired) electrons. The van der Waals surface area contributed by atoms with Crippen LogP contribution in [0.15, 0.2) is 12.4 Å². The maximum Gasteiger partial charge on any atom is 0.320 e. The molecule has 2 heterocycles. The number of aromatic nitrogens is 2. The molecule has 7 heteroatoms. The smallest absolute Gasteiger partial charge is 0.320 e. The molecular weight excluding hydrogens is 248 g/mol. The van der Waals surface area contributed by atoms with Gasteiger partial charge in [-0.1, -0.05) is 0 Å². The van der Waals surface area contributed by atoms with Crippen molar-refractivity contribution in [3.63, 3.8) is 0 Å². The lowest BCUT2D eigenvalue weighted by atomic mass is 10.3. The molecule has 19 heavy (non-hydrogen) atoms. The van der Waals surface area contributed by atoms with Crippen molar-refractivity contribution < 1.29 is 14.6 Å². The zero-order valence-electron chi connectivity index (χ0n) is 10.9. The molecule has 0 amide bonds. The first kappa shape index (κ1) is 13.7. The molecule has 2 rings (SSSR count). The van der Waals surface area contributed by atoms with Gasteiger partial charge in [-0.05, 0) is 6.92 Å². The van der Waals surface area contributed by atoms with E-state index in [9.17, 15) is 4.79 Å². The Hall–Kier alpha value is -1.73. The summed E-state index contributed by atoms with van der Waals surface area (Å²) in [5.41, 5.74) is 0.866. The van der Waals surface area contributed by atoms with Gasteiger partial charge in [-0.3, -0.25) is 4.79 Å². The van der Waals surface area contributed by atoms with Crippen molar-refractivity contribution >= 4 is 11.9 Å². The summed E-state index contributed by atoms with van der Waals surface area (Å²) in [6.45, 7) is 5.04. The van der Waals surface area contributed by atoms with E-state index in [0.29, 0.717) is 25.7 Å². The first-order valence-corrected chi connectivity index (χ1v) is 6.26. The zero-order valence-corrected chi connectivity index (χ0v) is 10.9. The van der Waals surface area contributed by atoms with Crippen molar-refractivity contribution in [3.8, 4) is 0 Å². The number of carboxylic acid groups (broad SMARTS) is 1. The topological polar surface area (TPSA) is 87.6 Å². The number of hydrogen-bond donors (Lipinski definition) is 2. The van der Waals surface area contributed by atoms with Gasteiger partial charge in [0.25, 0.3) is 0 Å². The van der Waals surface area contributed by atoms with E-state index in [1.165, 1.54) is 0 Å². The third-order valence-corrected chi connectivity index (χ3v) is 2.97. The van der Waals surface area contributed by atoms with Crippen LogP contribution < -0.4 is 10.2 Å². The summed E-state index contributed by atoms with van der Waals surface area (Å²) in [4.78, 5) is 21.3. The highest BCUT2D eigenvalue weighted by Crippen LogP contribution is 2.09. The molecule has 1 aromatic rings. The van der Waals surface area contributed by atoms with Crippen LogP contribution in [0.2, 0.25) is 0 Å². The highest BCUT2D eigenvalue weighted by Gasteiger charge is 2.14. The van der Waals surface area contributed by atoms with E-state index >= 15 is 0 Å². The van der Waals surface area contributed by atoms with Crippen molar-refractivity contribution in [1.82, 2.24) is 15.3 Å². The average molecular weight is 266 g/mol. The van der Waals surface area contributed by atoms with Gasteiger partial charge in [0.15, 0.2) is 0 Å². The summed E-state index contributed by atoms with van der Waals surface area (Å²) in [5, 5.41) is 11.6. The lowest BCUT2D eigenvalue weighted by molar-refractivity contribution is -0.139. The molecule has 0 spiro atoms. The van der Waals surface area contributed by atoms with Crippen LogP contribution in [0, 0.1) is 0 Å². The summed E-state index contributed by atoms with van der Waals surface area (Å²) < 4.78 is 5.27. The Labute approximate surface area is 111 Å². The van der Waals surface area contributed by atoms with Gasteiger partial charge in [0.05, 0.1) is 13.2 Å². The van der Waals surface area contributed by atoms with Crippen molar-refractivity contribution in [3.05, 3.63) is 18.0 Å². The van der Waals surface area contributed by atoms with E-state index in [4.69, 9.17) is 9.84 Å². The number of carboxylic acids is 1. The number of rotatable bonds is 5. The van der Waals surface area contributed by atoms with E-state index in [1.54, 1.807) is 19.3 Å². The number of morpholine rings is 1. The van der Waals surface area contributed by atoms with Crippen LogP contribution in [0.1, 0.15) is 12.5 Å². The molecule has 0 saturated carbocycles. The van der Waals surface area contributed by atoms with E-state index in [-0.39, 0.29) is 0 Å². The molecule has 0 unspecified atom stereocenters. The second kappa shape index (κ2) is 6.44. The molecule has 2 N–H and O–H groups in total. The summed E-state index contributed by atoms with van der Waals surface area (Å²) in [5.74, 6) is -0.177. The van der Waals surface area contributed by atoms with Crippen molar-refractivity contribution in [2.45, 2.75) is 19.5 Å². The third kappa shape index (κ3) is 3.87. The highest BCUT2D eigenvalue weighted by atomic mass is 16.5. The molecule has 0 aliphatic carbocycles. The van der Waals surface area contributed by atoms with Gasteiger partial charge in [-0.2, -0.15) is 0 Å². The lowest BCUT2D eigenvalue weighted by Crippen LogP contribution is -2.37. The fourth-order valence-corrected chi connectivity index (χ4v) is 1.72. The number of carbonyl (C=O) groups is 1. The molecule has 0 aromatic carbocycles. The zero-order chi connectivity index (χ0) is 13.7. The van der Waals surface area contributed by atoms with Gasteiger partial charge in [0, 0.05) is 37.6 Å². The molecule has 1 atom stereocenters. The Morgan fingerprint density at radius 1 is 1.47 bits per heavy atom. The number of ether oxygens (including phenoxy) is 1. The molecular formula is C12H18N4O3. The fraction of sp³-hybridized carbons (Fsp3) is 0.583.